The zero-order valence-corrected chi connectivity index (χ0v) is 14.6. The minimum absolute atomic E-state index is 0.0139. The Hall–Kier alpha value is -1.88. The minimum Gasteiger partial charge on any atom is -0.469 e. The van der Waals surface area contributed by atoms with Crippen LogP contribution in [0.1, 0.15) is 30.4 Å². The molecule has 0 bridgehead atoms. The summed E-state index contributed by atoms with van der Waals surface area (Å²) in [4.78, 5) is 24.0. The molecule has 1 aromatic carbocycles. The molecule has 0 spiro atoms. The lowest BCUT2D eigenvalue weighted by atomic mass is 9.97. The van der Waals surface area contributed by atoms with E-state index in [2.05, 4.69) is 16.7 Å². The number of rotatable bonds is 8. The Kier molecular flexibility index (Phi) is 7.25. The Morgan fingerprint density at radius 1 is 1.42 bits per heavy atom. The number of amides is 1. The maximum absolute atomic E-state index is 12.0. The Morgan fingerprint density at radius 2 is 2.25 bits per heavy atom. The third kappa shape index (κ3) is 5.96. The van der Waals surface area contributed by atoms with Gasteiger partial charge in [-0.1, -0.05) is 29.8 Å². The molecule has 1 aromatic rings. The molecule has 132 valence electrons. The highest BCUT2D eigenvalue weighted by molar-refractivity contribution is 5.78. The molecule has 5 heteroatoms. The molecule has 5 nitrogen and oxygen atoms in total. The molecule has 0 radical (unpaired) electrons. The molecule has 0 aliphatic carbocycles. The van der Waals surface area contributed by atoms with Crippen LogP contribution in [0.4, 0.5) is 0 Å². The molecule has 1 fully saturated rings. The summed E-state index contributed by atoms with van der Waals surface area (Å²) in [6.07, 6.45) is 3.14. The molecular formula is C19H28N2O3. The first-order chi connectivity index (χ1) is 11.6. The van der Waals surface area contributed by atoms with Crippen molar-refractivity contribution in [2.45, 2.75) is 32.6 Å². The van der Waals surface area contributed by atoms with Crippen LogP contribution < -0.4 is 10.6 Å². The maximum atomic E-state index is 12.0. The molecule has 1 heterocycles. The van der Waals surface area contributed by atoms with Gasteiger partial charge in [-0.05, 0) is 50.8 Å². The standard InChI is InChI=1S/C19H28N2O3/c1-14-4-3-5-16(10-14)11-17(19(23)24-2)13-21-18(22)7-6-15-8-9-20-12-15/h3-5,10,15,17,20H,6-9,11-13H2,1-2H3,(H,21,22). The number of carbonyl (C=O) groups excluding carboxylic acids is 2. The fourth-order valence-electron chi connectivity index (χ4n) is 3.15. The summed E-state index contributed by atoms with van der Waals surface area (Å²) in [7, 11) is 1.39. The number of benzene rings is 1. The van der Waals surface area contributed by atoms with Gasteiger partial charge in [-0.25, -0.2) is 0 Å². The fraction of sp³-hybridized carbons (Fsp3) is 0.579. The van der Waals surface area contributed by atoms with Crippen LogP contribution in [0.25, 0.3) is 0 Å². The highest BCUT2D eigenvalue weighted by atomic mass is 16.5. The summed E-state index contributed by atoms with van der Waals surface area (Å²) in [6, 6.07) is 8.06. The van der Waals surface area contributed by atoms with Crippen LogP contribution in [0.5, 0.6) is 0 Å². The van der Waals surface area contributed by atoms with Gasteiger partial charge >= 0.3 is 5.97 Å². The lowest BCUT2D eigenvalue weighted by molar-refractivity contribution is -0.145. The van der Waals surface area contributed by atoms with Gasteiger partial charge in [-0.3, -0.25) is 9.59 Å². The van der Waals surface area contributed by atoms with E-state index in [1.54, 1.807) is 0 Å². The van der Waals surface area contributed by atoms with Gasteiger partial charge in [0.15, 0.2) is 0 Å². The van der Waals surface area contributed by atoms with Crippen molar-refractivity contribution in [3.63, 3.8) is 0 Å². The predicted octanol–water partition coefficient (Wildman–Crippen LogP) is 1.83. The number of carbonyl (C=O) groups is 2. The second kappa shape index (κ2) is 9.42. The van der Waals surface area contributed by atoms with Gasteiger partial charge in [0.05, 0.1) is 13.0 Å². The van der Waals surface area contributed by atoms with E-state index in [4.69, 9.17) is 4.74 Å². The molecule has 1 aliphatic heterocycles. The Bertz CT molecular complexity index is 553. The van der Waals surface area contributed by atoms with Crippen molar-refractivity contribution in [3.8, 4) is 0 Å². The molecule has 0 aromatic heterocycles. The number of hydrogen-bond donors (Lipinski definition) is 2. The van der Waals surface area contributed by atoms with E-state index < -0.39 is 0 Å². The van der Waals surface area contributed by atoms with Crippen molar-refractivity contribution in [2.24, 2.45) is 11.8 Å². The van der Waals surface area contributed by atoms with Gasteiger partial charge in [0.1, 0.15) is 0 Å². The van der Waals surface area contributed by atoms with Gasteiger partial charge in [-0.15, -0.1) is 0 Å². The van der Waals surface area contributed by atoms with Gasteiger partial charge in [0.25, 0.3) is 0 Å². The fourth-order valence-corrected chi connectivity index (χ4v) is 3.15. The van der Waals surface area contributed by atoms with Crippen LogP contribution in [0.3, 0.4) is 0 Å². The number of nitrogens with one attached hydrogen (secondary N) is 2. The van der Waals surface area contributed by atoms with Crippen molar-refractivity contribution in [1.29, 1.82) is 0 Å². The average molecular weight is 332 g/mol. The first kappa shape index (κ1) is 18.5. The predicted molar refractivity (Wildman–Crippen MR) is 93.6 cm³/mol. The van der Waals surface area contributed by atoms with E-state index in [9.17, 15) is 9.59 Å². The summed E-state index contributed by atoms with van der Waals surface area (Å²) >= 11 is 0. The highest BCUT2D eigenvalue weighted by Gasteiger charge is 2.21. The third-order valence-corrected chi connectivity index (χ3v) is 4.59. The summed E-state index contributed by atoms with van der Waals surface area (Å²) in [5.41, 5.74) is 2.24. The van der Waals surface area contributed by atoms with Crippen LogP contribution in [0.2, 0.25) is 0 Å². The number of hydrogen-bond acceptors (Lipinski definition) is 4. The highest BCUT2D eigenvalue weighted by Crippen LogP contribution is 2.15. The molecular weight excluding hydrogens is 304 g/mol. The Morgan fingerprint density at radius 3 is 2.92 bits per heavy atom. The average Bonchev–Trinajstić information content (AvgIpc) is 3.09. The van der Waals surface area contributed by atoms with Crippen molar-refractivity contribution in [1.82, 2.24) is 10.6 Å². The van der Waals surface area contributed by atoms with E-state index in [0.717, 1.165) is 37.1 Å². The van der Waals surface area contributed by atoms with Crippen molar-refractivity contribution >= 4 is 11.9 Å². The maximum Gasteiger partial charge on any atom is 0.310 e. The molecule has 2 rings (SSSR count). The minimum atomic E-state index is -0.353. The SMILES string of the molecule is COC(=O)C(CNC(=O)CCC1CCNC1)Cc1cccc(C)c1. The second-order valence-corrected chi connectivity index (χ2v) is 6.61. The van der Waals surface area contributed by atoms with Crippen molar-refractivity contribution in [2.75, 3.05) is 26.7 Å². The molecule has 1 saturated heterocycles. The first-order valence-electron chi connectivity index (χ1n) is 8.69. The normalized spacial score (nSPS) is 18.2. The second-order valence-electron chi connectivity index (χ2n) is 6.61. The third-order valence-electron chi connectivity index (χ3n) is 4.59. The first-order valence-corrected chi connectivity index (χ1v) is 8.69. The number of esters is 1. The summed E-state index contributed by atoms with van der Waals surface area (Å²) in [6.45, 7) is 4.40. The van der Waals surface area contributed by atoms with E-state index in [0.29, 0.717) is 25.3 Å². The van der Waals surface area contributed by atoms with E-state index >= 15 is 0 Å². The van der Waals surface area contributed by atoms with E-state index in [1.165, 1.54) is 7.11 Å². The molecule has 1 amide bonds. The Balaban J connectivity index is 1.81. The van der Waals surface area contributed by atoms with Crippen LogP contribution in [0.15, 0.2) is 24.3 Å². The molecule has 24 heavy (non-hydrogen) atoms. The molecule has 2 atom stereocenters. The van der Waals surface area contributed by atoms with E-state index in [-0.39, 0.29) is 17.8 Å². The molecule has 2 unspecified atom stereocenters. The molecule has 0 saturated carbocycles. The summed E-state index contributed by atoms with van der Waals surface area (Å²) in [5, 5.41) is 6.20. The van der Waals surface area contributed by atoms with Crippen molar-refractivity contribution < 1.29 is 14.3 Å². The zero-order chi connectivity index (χ0) is 17.4. The molecule has 1 aliphatic rings. The smallest absolute Gasteiger partial charge is 0.310 e. The number of ether oxygens (including phenoxy) is 1. The number of aryl methyl sites for hydroxylation is 1. The van der Waals surface area contributed by atoms with E-state index in [1.807, 2.05) is 25.1 Å². The number of methoxy groups -OCH3 is 1. The van der Waals surface area contributed by atoms with Crippen molar-refractivity contribution in [3.05, 3.63) is 35.4 Å². The summed E-state index contributed by atoms with van der Waals surface area (Å²) in [5.74, 6) is -0.0230. The monoisotopic (exact) mass is 332 g/mol. The lowest BCUT2D eigenvalue weighted by Crippen LogP contribution is -2.34. The zero-order valence-electron chi connectivity index (χ0n) is 14.6. The van der Waals surface area contributed by atoms with Crippen LogP contribution >= 0.6 is 0 Å². The quantitative estimate of drug-likeness (QED) is 0.713. The lowest BCUT2D eigenvalue weighted by Gasteiger charge is -2.16. The largest absolute Gasteiger partial charge is 0.469 e. The molecule has 2 N–H and O–H groups in total. The van der Waals surface area contributed by atoms with Crippen LogP contribution in [-0.2, 0) is 20.7 Å². The van der Waals surface area contributed by atoms with Crippen LogP contribution in [-0.4, -0.2) is 38.6 Å². The summed E-state index contributed by atoms with van der Waals surface area (Å²) < 4.78 is 4.89. The van der Waals surface area contributed by atoms with Gasteiger partial charge in [-0.2, -0.15) is 0 Å². The Labute approximate surface area is 144 Å². The van der Waals surface area contributed by atoms with Gasteiger partial charge in [0.2, 0.25) is 5.91 Å². The topological polar surface area (TPSA) is 67.4 Å². The van der Waals surface area contributed by atoms with Gasteiger partial charge < -0.3 is 15.4 Å². The van der Waals surface area contributed by atoms with Gasteiger partial charge in [0, 0.05) is 13.0 Å². The van der Waals surface area contributed by atoms with Crippen LogP contribution in [0, 0.1) is 18.8 Å².